The summed E-state index contributed by atoms with van der Waals surface area (Å²) in [6.07, 6.45) is 9.40. The molecule has 3 aliphatic rings. The van der Waals surface area contributed by atoms with Crippen LogP contribution in [-0.2, 0) is 4.79 Å². The summed E-state index contributed by atoms with van der Waals surface area (Å²) in [5.74, 6) is 2.71. The summed E-state index contributed by atoms with van der Waals surface area (Å²) in [4.78, 5) is 21.2. The van der Waals surface area contributed by atoms with Gasteiger partial charge in [0.15, 0.2) is 5.82 Å². The summed E-state index contributed by atoms with van der Waals surface area (Å²) in [5.41, 5.74) is 0. The lowest BCUT2D eigenvalue weighted by molar-refractivity contribution is -0.137. The van der Waals surface area contributed by atoms with Gasteiger partial charge in [-0.1, -0.05) is 24.4 Å². The molecule has 132 valence electrons. The summed E-state index contributed by atoms with van der Waals surface area (Å²) in [6.45, 7) is 2.60. The number of carbonyl (C=O) groups excluding carboxylic acids is 1. The van der Waals surface area contributed by atoms with Crippen molar-refractivity contribution in [1.82, 2.24) is 19.9 Å². The van der Waals surface area contributed by atoms with E-state index in [0.29, 0.717) is 11.8 Å². The molecular weight excluding hydrogens is 304 g/mol. The topological polar surface area (TPSA) is 62.5 Å². The third-order valence-corrected chi connectivity index (χ3v) is 6.05. The van der Waals surface area contributed by atoms with Crippen LogP contribution in [0.5, 0.6) is 0 Å². The highest BCUT2D eigenvalue weighted by molar-refractivity contribution is 5.77. The first-order valence-corrected chi connectivity index (χ1v) is 9.52. The highest BCUT2D eigenvalue weighted by Gasteiger charge is 2.37. The van der Waals surface area contributed by atoms with E-state index < -0.39 is 0 Å². The van der Waals surface area contributed by atoms with Gasteiger partial charge in [0, 0.05) is 19.5 Å². The minimum Gasteiger partial charge on any atom is -0.341 e. The maximum Gasteiger partial charge on any atom is 0.243 e. The molecule has 4 rings (SSSR count). The minimum absolute atomic E-state index is 0.254. The predicted molar refractivity (Wildman–Crippen MR) is 89.4 cm³/mol. The normalized spacial score (nSPS) is 26.7. The van der Waals surface area contributed by atoms with Crippen LogP contribution in [0, 0.1) is 5.92 Å². The Morgan fingerprint density at radius 1 is 1.17 bits per heavy atom. The molecule has 1 amide bonds. The highest BCUT2D eigenvalue weighted by atomic mass is 16.5. The van der Waals surface area contributed by atoms with Gasteiger partial charge in [-0.3, -0.25) is 9.69 Å². The summed E-state index contributed by atoms with van der Waals surface area (Å²) >= 11 is 0. The van der Waals surface area contributed by atoms with Crippen molar-refractivity contribution in [2.45, 2.75) is 63.3 Å². The lowest BCUT2D eigenvalue weighted by Crippen LogP contribution is -2.49. The third kappa shape index (κ3) is 3.21. The van der Waals surface area contributed by atoms with E-state index in [9.17, 15) is 4.79 Å². The van der Waals surface area contributed by atoms with Gasteiger partial charge in [0.1, 0.15) is 0 Å². The summed E-state index contributed by atoms with van der Waals surface area (Å²) in [7, 11) is 2.11. The molecule has 0 aromatic carbocycles. The Kier molecular flexibility index (Phi) is 4.57. The van der Waals surface area contributed by atoms with Crippen LogP contribution in [0.2, 0.25) is 0 Å². The average molecular weight is 332 g/mol. The molecule has 1 aliphatic carbocycles. The summed E-state index contributed by atoms with van der Waals surface area (Å²) in [5, 5.41) is 4.18. The van der Waals surface area contributed by atoms with Crippen LogP contribution >= 0.6 is 0 Å². The number of likely N-dealkylation sites (tertiary alicyclic amines) is 2. The first-order chi connectivity index (χ1) is 11.7. The Bertz CT molecular complexity index is 575. The SMILES string of the molecule is CN1CCCC1c1nc(C2CN(C(=O)CC3CCCCC3)C2)no1. The lowest BCUT2D eigenvalue weighted by Gasteiger charge is -2.38. The maximum absolute atomic E-state index is 12.4. The smallest absolute Gasteiger partial charge is 0.243 e. The fourth-order valence-electron chi connectivity index (χ4n) is 4.38. The zero-order valence-electron chi connectivity index (χ0n) is 14.6. The number of rotatable bonds is 4. The van der Waals surface area contributed by atoms with Crippen molar-refractivity contribution >= 4 is 5.91 Å². The number of hydrogen-bond donors (Lipinski definition) is 0. The van der Waals surface area contributed by atoms with Crippen molar-refractivity contribution in [2.75, 3.05) is 26.7 Å². The standard InChI is InChI=1S/C18H28N4O2/c1-21-9-5-8-15(21)18-19-17(20-24-18)14-11-22(12-14)16(23)10-13-6-3-2-4-7-13/h13-15H,2-12H2,1H3. The molecular formula is C18H28N4O2. The van der Waals surface area contributed by atoms with Gasteiger partial charge < -0.3 is 9.42 Å². The van der Waals surface area contributed by atoms with Gasteiger partial charge in [-0.05, 0) is 45.2 Å². The van der Waals surface area contributed by atoms with Crippen molar-refractivity contribution in [1.29, 1.82) is 0 Å². The quantitative estimate of drug-likeness (QED) is 0.848. The first kappa shape index (κ1) is 16.1. The molecule has 6 nitrogen and oxygen atoms in total. The Morgan fingerprint density at radius 2 is 1.96 bits per heavy atom. The second kappa shape index (κ2) is 6.82. The Hall–Kier alpha value is -1.43. The van der Waals surface area contributed by atoms with Crippen LogP contribution in [0.4, 0.5) is 0 Å². The van der Waals surface area contributed by atoms with Crippen LogP contribution in [0.25, 0.3) is 0 Å². The van der Waals surface area contributed by atoms with Gasteiger partial charge >= 0.3 is 0 Å². The number of amides is 1. The van der Waals surface area contributed by atoms with Crippen molar-refractivity contribution in [3.8, 4) is 0 Å². The van der Waals surface area contributed by atoms with Crippen molar-refractivity contribution < 1.29 is 9.32 Å². The molecule has 0 radical (unpaired) electrons. The van der Waals surface area contributed by atoms with Crippen LogP contribution in [0.3, 0.4) is 0 Å². The molecule has 1 atom stereocenters. The molecule has 1 aromatic rings. The Labute approximate surface area is 143 Å². The second-order valence-corrected chi connectivity index (χ2v) is 7.83. The largest absolute Gasteiger partial charge is 0.341 e. The molecule has 24 heavy (non-hydrogen) atoms. The zero-order chi connectivity index (χ0) is 16.5. The number of hydrogen-bond acceptors (Lipinski definition) is 5. The van der Waals surface area contributed by atoms with E-state index in [1.807, 2.05) is 4.90 Å². The van der Waals surface area contributed by atoms with Crippen molar-refractivity contribution in [2.24, 2.45) is 5.92 Å². The molecule has 1 aromatic heterocycles. The van der Waals surface area contributed by atoms with E-state index >= 15 is 0 Å². The average Bonchev–Trinajstić information content (AvgIpc) is 3.16. The summed E-state index contributed by atoms with van der Waals surface area (Å²) < 4.78 is 5.49. The van der Waals surface area contributed by atoms with Gasteiger partial charge in [-0.25, -0.2) is 0 Å². The molecule has 6 heteroatoms. The van der Waals surface area contributed by atoms with Crippen molar-refractivity contribution in [3.63, 3.8) is 0 Å². The summed E-state index contributed by atoms with van der Waals surface area (Å²) in [6, 6.07) is 0.273. The van der Waals surface area contributed by atoms with E-state index in [2.05, 4.69) is 22.1 Å². The minimum atomic E-state index is 0.254. The van der Waals surface area contributed by atoms with E-state index in [0.717, 1.165) is 44.2 Å². The molecule has 2 saturated heterocycles. The lowest BCUT2D eigenvalue weighted by atomic mass is 9.86. The molecule has 0 spiro atoms. The molecule has 2 aliphatic heterocycles. The van der Waals surface area contributed by atoms with E-state index in [-0.39, 0.29) is 12.0 Å². The molecule has 3 heterocycles. The fraction of sp³-hybridized carbons (Fsp3) is 0.833. The molecule has 1 saturated carbocycles. The van der Waals surface area contributed by atoms with E-state index in [4.69, 9.17) is 4.52 Å². The Morgan fingerprint density at radius 3 is 2.67 bits per heavy atom. The van der Waals surface area contributed by atoms with Crippen LogP contribution in [0.15, 0.2) is 4.52 Å². The zero-order valence-corrected chi connectivity index (χ0v) is 14.6. The fourth-order valence-corrected chi connectivity index (χ4v) is 4.38. The number of aromatic nitrogens is 2. The molecule has 3 fully saturated rings. The molecule has 0 bridgehead atoms. The van der Waals surface area contributed by atoms with E-state index in [1.54, 1.807) is 0 Å². The van der Waals surface area contributed by atoms with Crippen molar-refractivity contribution in [3.05, 3.63) is 11.7 Å². The molecule has 0 N–H and O–H groups in total. The third-order valence-electron chi connectivity index (χ3n) is 6.05. The monoisotopic (exact) mass is 332 g/mol. The van der Waals surface area contributed by atoms with Crippen LogP contribution < -0.4 is 0 Å². The second-order valence-electron chi connectivity index (χ2n) is 7.83. The predicted octanol–water partition coefficient (Wildman–Crippen LogP) is 2.73. The molecule has 1 unspecified atom stereocenters. The number of nitrogens with zero attached hydrogens (tertiary/aromatic N) is 4. The van der Waals surface area contributed by atoms with Gasteiger partial charge in [-0.2, -0.15) is 4.98 Å². The van der Waals surface area contributed by atoms with Gasteiger partial charge in [0.25, 0.3) is 0 Å². The van der Waals surface area contributed by atoms with Gasteiger partial charge in [0.2, 0.25) is 11.8 Å². The first-order valence-electron chi connectivity index (χ1n) is 9.52. The van der Waals surface area contributed by atoms with Gasteiger partial charge in [-0.15, -0.1) is 0 Å². The number of carbonyl (C=O) groups is 1. The highest BCUT2D eigenvalue weighted by Crippen LogP contribution is 2.33. The van der Waals surface area contributed by atoms with Crippen LogP contribution in [0.1, 0.15) is 75.0 Å². The van der Waals surface area contributed by atoms with E-state index in [1.165, 1.54) is 38.5 Å². The Balaban J connectivity index is 1.28. The maximum atomic E-state index is 12.4. The van der Waals surface area contributed by atoms with Gasteiger partial charge in [0.05, 0.1) is 12.0 Å². The van der Waals surface area contributed by atoms with Crippen LogP contribution in [-0.4, -0.2) is 52.5 Å².